The zero-order valence-electron chi connectivity index (χ0n) is 19.5. The quantitative estimate of drug-likeness (QED) is 0.589. The standard InChI is InChI=1S/C24H27F2N7O2/c1-15-27-14-21(33(15)18-6-10-35-11-7-18)22-19(26)13-29-24(31-22)30-17-2-3-20(28-12-17)23(34)32-8-4-16(25)5-9-32/h2-3,12-14,16,18H,4-11H2,1H3,(H,29,30,31). The molecule has 0 radical (unpaired) electrons. The van der Waals surface area contributed by atoms with E-state index in [1.54, 1.807) is 23.2 Å². The molecule has 2 saturated heterocycles. The molecule has 3 aromatic rings. The minimum Gasteiger partial charge on any atom is -0.381 e. The third-order valence-electron chi connectivity index (χ3n) is 6.47. The number of nitrogens with zero attached hydrogens (tertiary/aromatic N) is 6. The number of anilines is 2. The Balaban J connectivity index is 1.33. The molecule has 3 aromatic heterocycles. The first-order valence-electron chi connectivity index (χ1n) is 11.8. The highest BCUT2D eigenvalue weighted by Crippen LogP contribution is 2.31. The summed E-state index contributed by atoms with van der Waals surface area (Å²) < 4.78 is 35.6. The van der Waals surface area contributed by atoms with E-state index in [0.717, 1.165) is 24.9 Å². The van der Waals surface area contributed by atoms with Crippen molar-refractivity contribution in [1.82, 2.24) is 29.4 Å². The van der Waals surface area contributed by atoms with Gasteiger partial charge < -0.3 is 19.5 Å². The van der Waals surface area contributed by atoms with E-state index in [9.17, 15) is 13.6 Å². The smallest absolute Gasteiger partial charge is 0.272 e. The lowest BCUT2D eigenvalue weighted by molar-refractivity contribution is 0.0661. The molecule has 0 aromatic carbocycles. The second kappa shape index (κ2) is 10.0. The van der Waals surface area contributed by atoms with Crippen molar-refractivity contribution in [3.05, 3.63) is 48.1 Å². The van der Waals surface area contributed by atoms with E-state index < -0.39 is 12.0 Å². The van der Waals surface area contributed by atoms with E-state index in [1.807, 2.05) is 11.5 Å². The van der Waals surface area contributed by atoms with Gasteiger partial charge in [0.2, 0.25) is 5.95 Å². The van der Waals surface area contributed by atoms with Gasteiger partial charge in [0.25, 0.3) is 5.91 Å². The van der Waals surface area contributed by atoms with Gasteiger partial charge in [-0.1, -0.05) is 0 Å². The molecule has 5 heterocycles. The number of likely N-dealkylation sites (tertiary alicyclic amines) is 1. The van der Waals surface area contributed by atoms with Crippen LogP contribution in [0.25, 0.3) is 11.4 Å². The van der Waals surface area contributed by atoms with Crippen molar-refractivity contribution in [3.8, 4) is 11.4 Å². The number of piperidine rings is 1. The highest BCUT2D eigenvalue weighted by Gasteiger charge is 2.25. The summed E-state index contributed by atoms with van der Waals surface area (Å²) in [4.78, 5) is 31.4. The second-order valence-electron chi connectivity index (χ2n) is 8.82. The molecule has 11 heteroatoms. The van der Waals surface area contributed by atoms with Gasteiger partial charge in [0.15, 0.2) is 5.82 Å². The second-order valence-corrected chi connectivity index (χ2v) is 8.82. The Labute approximate surface area is 201 Å². The van der Waals surface area contributed by atoms with Crippen molar-refractivity contribution < 1.29 is 18.3 Å². The van der Waals surface area contributed by atoms with Crippen LogP contribution in [0.1, 0.15) is 48.0 Å². The third kappa shape index (κ3) is 5.00. The normalized spacial score (nSPS) is 17.5. The van der Waals surface area contributed by atoms with Gasteiger partial charge in [0, 0.05) is 32.3 Å². The Morgan fingerprint density at radius 1 is 1.06 bits per heavy atom. The summed E-state index contributed by atoms with van der Waals surface area (Å²) in [5.41, 5.74) is 1.58. The molecule has 0 spiro atoms. The summed E-state index contributed by atoms with van der Waals surface area (Å²) >= 11 is 0. The molecule has 0 unspecified atom stereocenters. The lowest BCUT2D eigenvalue weighted by Crippen LogP contribution is -2.39. The lowest BCUT2D eigenvalue weighted by Gasteiger charge is -2.28. The van der Waals surface area contributed by atoms with Crippen LogP contribution >= 0.6 is 0 Å². The van der Waals surface area contributed by atoms with Crippen LogP contribution in [0, 0.1) is 12.7 Å². The fraction of sp³-hybridized carbons (Fsp3) is 0.458. The van der Waals surface area contributed by atoms with E-state index in [1.165, 1.54) is 6.20 Å². The molecule has 184 valence electrons. The number of ether oxygens (including phenoxy) is 1. The predicted molar refractivity (Wildman–Crippen MR) is 125 cm³/mol. The Hall–Kier alpha value is -3.47. The van der Waals surface area contributed by atoms with Crippen molar-refractivity contribution >= 4 is 17.5 Å². The summed E-state index contributed by atoms with van der Waals surface area (Å²) in [7, 11) is 0. The van der Waals surface area contributed by atoms with E-state index >= 15 is 0 Å². The molecule has 35 heavy (non-hydrogen) atoms. The van der Waals surface area contributed by atoms with Gasteiger partial charge in [-0.05, 0) is 44.7 Å². The maximum absolute atomic E-state index is 14.8. The van der Waals surface area contributed by atoms with Crippen molar-refractivity contribution in [2.45, 2.75) is 44.8 Å². The van der Waals surface area contributed by atoms with E-state index in [2.05, 4.69) is 25.3 Å². The van der Waals surface area contributed by atoms with Crippen molar-refractivity contribution in [1.29, 1.82) is 0 Å². The van der Waals surface area contributed by atoms with Crippen molar-refractivity contribution in [2.75, 3.05) is 31.6 Å². The van der Waals surface area contributed by atoms with Crippen LogP contribution in [0.3, 0.4) is 0 Å². The van der Waals surface area contributed by atoms with Crippen LogP contribution in [0.4, 0.5) is 20.4 Å². The van der Waals surface area contributed by atoms with Crippen molar-refractivity contribution in [3.63, 3.8) is 0 Å². The fourth-order valence-corrected chi connectivity index (χ4v) is 4.58. The molecule has 2 fully saturated rings. The number of carbonyl (C=O) groups is 1. The van der Waals surface area contributed by atoms with Crippen LogP contribution in [-0.2, 0) is 4.74 Å². The number of rotatable bonds is 5. The monoisotopic (exact) mass is 483 g/mol. The van der Waals surface area contributed by atoms with Crippen LogP contribution < -0.4 is 5.32 Å². The molecule has 0 saturated carbocycles. The molecule has 0 bridgehead atoms. The average molecular weight is 484 g/mol. The first kappa shape index (κ1) is 23.3. The van der Waals surface area contributed by atoms with Gasteiger partial charge in [-0.15, -0.1) is 0 Å². The number of hydrogen-bond acceptors (Lipinski definition) is 7. The highest BCUT2D eigenvalue weighted by molar-refractivity contribution is 5.92. The van der Waals surface area contributed by atoms with Crippen LogP contribution in [0.2, 0.25) is 0 Å². The van der Waals surface area contributed by atoms with Crippen LogP contribution in [0.15, 0.2) is 30.7 Å². The maximum Gasteiger partial charge on any atom is 0.272 e. The lowest BCUT2D eigenvalue weighted by atomic mass is 10.1. The van der Waals surface area contributed by atoms with E-state index in [4.69, 9.17) is 4.74 Å². The highest BCUT2D eigenvalue weighted by atomic mass is 19.1. The fourth-order valence-electron chi connectivity index (χ4n) is 4.58. The zero-order valence-corrected chi connectivity index (χ0v) is 19.5. The van der Waals surface area contributed by atoms with Crippen LogP contribution in [0.5, 0.6) is 0 Å². The largest absolute Gasteiger partial charge is 0.381 e. The summed E-state index contributed by atoms with van der Waals surface area (Å²) in [6, 6.07) is 3.45. The number of imidazole rings is 1. The maximum atomic E-state index is 14.8. The van der Waals surface area contributed by atoms with E-state index in [-0.39, 0.29) is 29.3 Å². The van der Waals surface area contributed by atoms with Crippen LogP contribution in [-0.4, -0.2) is 67.8 Å². The number of alkyl halides is 1. The minimum atomic E-state index is -0.849. The Bertz CT molecular complexity index is 1190. The molecular formula is C24H27F2N7O2. The first-order valence-corrected chi connectivity index (χ1v) is 11.8. The molecule has 0 aliphatic carbocycles. The Morgan fingerprint density at radius 3 is 2.54 bits per heavy atom. The number of carbonyl (C=O) groups excluding carboxylic acids is 1. The predicted octanol–water partition coefficient (Wildman–Crippen LogP) is 3.85. The number of halogens is 2. The van der Waals surface area contributed by atoms with Gasteiger partial charge >= 0.3 is 0 Å². The number of aryl methyl sites for hydroxylation is 1. The molecule has 9 nitrogen and oxygen atoms in total. The summed E-state index contributed by atoms with van der Waals surface area (Å²) in [5, 5.41) is 3.02. The first-order chi connectivity index (χ1) is 17.0. The number of nitrogens with one attached hydrogen (secondary N) is 1. The molecular weight excluding hydrogens is 456 g/mol. The number of pyridine rings is 1. The van der Waals surface area contributed by atoms with Gasteiger partial charge in [0.05, 0.1) is 30.0 Å². The number of hydrogen-bond donors (Lipinski definition) is 1. The number of amides is 1. The molecule has 1 amide bonds. The zero-order chi connectivity index (χ0) is 24.4. The molecule has 2 aliphatic rings. The average Bonchev–Trinajstić information content (AvgIpc) is 3.27. The summed E-state index contributed by atoms with van der Waals surface area (Å²) in [5.74, 6) is 0.227. The topological polar surface area (TPSA) is 98.1 Å². The van der Waals surface area contributed by atoms with Crippen molar-refractivity contribution in [2.24, 2.45) is 0 Å². The molecule has 2 aliphatic heterocycles. The SMILES string of the molecule is Cc1ncc(-c2nc(Nc3ccc(C(=O)N4CCC(F)CC4)nc3)ncc2F)n1C1CCOCC1. The molecule has 1 N–H and O–H groups in total. The minimum absolute atomic E-state index is 0.158. The number of aromatic nitrogens is 5. The van der Waals surface area contributed by atoms with Gasteiger partial charge in [-0.25, -0.2) is 28.7 Å². The van der Waals surface area contributed by atoms with Gasteiger partial charge in [-0.3, -0.25) is 4.79 Å². The molecule has 5 rings (SSSR count). The molecule has 0 atom stereocenters. The van der Waals surface area contributed by atoms with Gasteiger partial charge in [0.1, 0.15) is 23.4 Å². The van der Waals surface area contributed by atoms with E-state index in [0.29, 0.717) is 50.5 Å². The summed E-state index contributed by atoms with van der Waals surface area (Å²) in [6.07, 6.45) is 5.76. The Morgan fingerprint density at radius 2 is 1.83 bits per heavy atom. The Kier molecular flexibility index (Phi) is 6.67. The third-order valence-corrected chi connectivity index (χ3v) is 6.47. The van der Waals surface area contributed by atoms with Gasteiger partial charge in [-0.2, -0.15) is 0 Å². The summed E-state index contributed by atoms with van der Waals surface area (Å²) in [6.45, 7) is 3.97.